The predicted molar refractivity (Wildman–Crippen MR) is 105 cm³/mol. The smallest absolute Gasteiger partial charge is 0.252 e. The SMILES string of the molecule is CN(C)CCNc1ccc(C(=O)NCCC2COc3ccccc3O2)cn1. The van der Waals surface area contributed by atoms with E-state index in [0.717, 1.165) is 30.4 Å². The number of likely N-dealkylation sites (N-methyl/N-ethyl adjacent to an activating group) is 1. The topological polar surface area (TPSA) is 75.7 Å². The van der Waals surface area contributed by atoms with Gasteiger partial charge in [0.15, 0.2) is 11.5 Å². The third-order valence-corrected chi connectivity index (χ3v) is 4.21. The summed E-state index contributed by atoms with van der Waals surface area (Å²) in [6, 6.07) is 11.2. The van der Waals surface area contributed by atoms with E-state index in [1.54, 1.807) is 12.3 Å². The molecule has 0 saturated heterocycles. The molecule has 1 aromatic heterocycles. The van der Waals surface area contributed by atoms with Crippen molar-refractivity contribution in [3.8, 4) is 11.5 Å². The Morgan fingerprint density at radius 1 is 1.19 bits per heavy atom. The number of carbonyl (C=O) groups is 1. The summed E-state index contributed by atoms with van der Waals surface area (Å²) in [6.45, 7) is 2.72. The molecule has 1 aliphatic rings. The predicted octanol–water partition coefficient (Wildman–Crippen LogP) is 2.01. The Morgan fingerprint density at radius 2 is 2.00 bits per heavy atom. The van der Waals surface area contributed by atoms with Crippen molar-refractivity contribution in [3.05, 3.63) is 48.2 Å². The number of fused-ring (bicyclic) bond motifs is 1. The number of anilines is 1. The zero-order chi connectivity index (χ0) is 19.1. The van der Waals surface area contributed by atoms with Gasteiger partial charge in [0.2, 0.25) is 0 Å². The van der Waals surface area contributed by atoms with Gasteiger partial charge < -0.3 is 25.0 Å². The van der Waals surface area contributed by atoms with Crippen molar-refractivity contribution in [2.24, 2.45) is 0 Å². The van der Waals surface area contributed by atoms with Crippen LogP contribution in [0.15, 0.2) is 42.6 Å². The second-order valence-corrected chi connectivity index (χ2v) is 6.70. The number of rotatable bonds is 8. The van der Waals surface area contributed by atoms with Gasteiger partial charge in [-0.1, -0.05) is 12.1 Å². The van der Waals surface area contributed by atoms with Gasteiger partial charge in [0, 0.05) is 32.3 Å². The normalized spacial score (nSPS) is 15.4. The van der Waals surface area contributed by atoms with Gasteiger partial charge in [-0.2, -0.15) is 0 Å². The lowest BCUT2D eigenvalue weighted by Crippen LogP contribution is -2.34. The second kappa shape index (κ2) is 9.23. The van der Waals surface area contributed by atoms with E-state index in [-0.39, 0.29) is 12.0 Å². The van der Waals surface area contributed by atoms with Crippen LogP contribution in [0.1, 0.15) is 16.8 Å². The van der Waals surface area contributed by atoms with E-state index in [1.165, 1.54) is 0 Å². The van der Waals surface area contributed by atoms with Crippen LogP contribution in [0.2, 0.25) is 0 Å². The number of nitrogens with zero attached hydrogens (tertiary/aromatic N) is 2. The standard InChI is InChI=1S/C20H26N4O3/c1-24(2)12-11-21-19-8-7-15(13-23-19)20(25)22-10-9-16-14-26-17-5-3-4-6-18(17)27-16/h3-8,13,16H,9-12,14H2,1-2H3,(H,21,23)(H,22,25). The Morgan fingerprint density at radius 3 is 2.74 bits per heavy atom. The summed E-state index contributed by atoms with van der Waals surface area (Å²) in [6.07, 6.45) is 2.20. The maximum Gasteiger partial charge on any atom is 0.252 e. The number of para-hydroxylation sites is 2. The third-order valence-electron chi connectivity index (χ3n) is 4.21. The van der Waals surface area contributed by atoms with Crippen LogP contribution in [-0.4, -0.2) is 62.2 Å². The largest absolute Gasteiger partial charge is 0.486 e. The number of benzene rings is 1. The van der Waals surface area contributed by atoms with Gasteiger partial charge in [-0.15, -0.1) is 0 Å². The fraction of sp³-hybridized carbons (Fsp3) is 0.400. The van der Waals surface area contributed by atoms with Crippen LogP contribution in [-0.2, 0) is 0 Å². The van der Waals surface area contributed by atoms with Crippen LogP contribution in [0.4, 0.5) is 5.82 Å². The Labute approximate surface area is 159 Å². The molecule has 0 spiro atoms. The van der Waals surface area contributed by atoms with Crippen molar-refractivity contribution < 1.29 is 14.3 Å². The van der Waals surface area contributed by atoms with E-state index in [4.69, 9.17) is 9.47 Å². The lowest BCUT2D eigenvalue weighted by atomic mass is 10.2. The maximum absolute atomic E-state index is 12.2. The summed E-state index contributed by atoms with van der Waals surface area (Å²) in [4.78, 5) is 18.6. The summed E-state index contributed by atoms with van der Waals surface area (Å²) in [5.41, 5.74) is 0.541. The molecule has 7 nitrogen and oxygen atoms in total. The van der Waals surface area contributed by atoms with Crippen LogP contribution >= 0.6 is 0 Å². The fourth-order valence-electron chi connectivity index (χ4n) is 2.69. The van der Waals surface area contributed by atoms with Crippen molar-refractivity contribution >= 4 is 11.7 Å². The minimum atomic E-state index is -0.139. The molecule has 0 bridgehead atoms. The van der Waals surface area contributed by atoms with Crippen LogP contribution < -0.4 is 20.1 Å². The van der Waals surface area contributed by atoms with Gasteiger partial charge >= 0.3 is 0 Å². The average Bonchev–Trinajstić information content (AvgIpc) is 2.68. The van der Waals surface area contributed by atoms with Gasteiger partial charge in [0.1, 0.15) is 18.5 Å². The van der Waals surface area contributed by atoms with E-state index in [9.17, 15) is 4.79 Å². The molecule has 2 heterocycles. The molecule has 0 radical (unpaired) electrons. The van der Waals surface area contributed by atoms with Crippen molar-refractivity contribution in [2.75, 3.05) is 45.7 Å². The highest BCUT2D eigenvalue weighted by molar-refractivity contribution is 5.94. The Balaban J connectivity index is 1.40. The first-order chi connectivity index (χ1) is 13.1. The van der Waals surface area contributed by atoms with Crippen LogP contribution in [0.25, 0.3) is 0 Å². The van der Waals surface area contributed by atoms with Crippen molar-refractivity contribution in [1.82, 2.24) is 15.2 Å². The van der Waals surface area contributed by atoms with Gasteiger partial charge in [0.05, 0.1) is 5.56 Å². The maximum atomic E-state index is 12.2. The summed E-state index contributed by atoms with van der Waals surface area (Å²) in [7, 11) is 4.04. The van der Waals surface area contributed by atoms with Gasteiger partial charge in [-0.25, -0.2) is 4.98 Å². The number of ether oxygens (including phenoxy) is 2. The molecule has 1 unspecified atom stereocenters. The lowest BCUT2D eigenvalue weighted by Gasteiger charge is -2.26. The molecular weight excluding hydrogens is 344 g/mol. The van der Waals surface area contributed by atoms with Crippen molar-refractivity contribution in [2.45, 2.75) is 12.5 Å². The molecule has 2 aromatic rings. The molecule has 2 N–H and O–H groups in total. The second-order valence-electron chi connectivity index (χ2n) is 6.70. The Kier molecular flexibility index (Phi) is 6.49. The highest BCUT2D eigenvalue weighted by atomic mass is 16.6. The van der Waals surface area contributed by atoms with Gasteiger partial charge in [0.25, 0.3) is 5.91 Å². The molecule has 1 amide bonds. The molecule has 1 aromatic carbocycles. The lowest BCUT2D eigenvalue weighted by molar-refractivity contribution is 0.0812. The summed E-state index contributed by atoms with van der Waals surface area (Å²) >= 11 is 0. The van der Waals surface area contributed by atoms with E-state index in [0.29, 0.717) is 25.1 Å². The first-order valence-electron chi connectivity index (χ1n) is 9.13. The quantitative estimate of drug-likeness (QED) is 0.740. The molecule has 0 saturated carbocycles. The van der Waals surface area contributed by atoms with Crippen LogP contribution in [0, 0.1) is 0 Å². The summed E-state index contributed by atoms with van der Waals surface area (Å²) in [5.74, 6) is 2.14. The molecule has 7 heteroatoms. The highest BCUT2D eigenvalue weighted by Crippen LogP contribution is 2.31. The Hall–Kier alpha value is -2.80. The number of aromatic nitrogens is 1. The minimum absolute atomic E-state index is 0.0680. The van der Waals surface area contributed by atoms with Crippen LogP contribution in [0.5, 0.6) is 11.5 Å². The van der Waals surface area contributed by atoms with Crippen molar-refractivity contribution in [3.63, 3.8) is 0 Å². The van der Waals surface area contributed by atoms with E-state index < -0.39 is 0 Å². The summed E-state index contributed by atoms with van der Waals surface area (Å²) in [5, 5.41) is 6.13. The molecular formula is C20H26N4O3. The monoisotopic (exact) mass is 370 g/mol. The molecule has 1 aliphatic heterocycles. The molecule has 0 aliphatic carbocycles. The molecule has 144 valence electrons. The zero-order valence-corrected chi connectivity index (χ0v) is 15.8. The third kappa shape index (κ3) is 5.59. The molecule has 3 rings (SSSR count). The van der Waals surface area contributed by atoms with Crippen molar-refractivity contribution in [1.29, 1.82) is 0 Å². The van der Waals surface area contributed by atoms with E-state index >= 15 is 0 Å². The molecule has 27 heavy (non-hydrogen) atoms. The number of hydrogen-bond donors (Lipinski definition) is 2. The van der Waals surface area contributed by atoms with E-state index in [2.05, 4.69) is 20.5 Å². The first kappa shape index (κ1) is 19.0. The average molecular weight is 370 g/mol. The fourth-order valence-corrected chi connectivity index (χ4v) is 2.69. The zero-order valence-electron chi connectivity index (χ0n) is 15.8. The highest BCUT2D eigenvalue weighted by Gasteiger charge is 2.20. The molecule has 1 atom stereocenters. The number of pyridine rings is 1. The minimum Gasteiger partial charge on any atom is -0.486 e. The summed E-state index contributed by atoms with van der Waals surface area (Å²) < 4.78 is 11.6. The number of amides is 1. The number of hydrogen-bond acceptors (Lipinski definition) is 6. The van der Waals surface area contributed by atoms with Gasteiger partial charge in [-0.05, 0) is 38.4 Å². The number of carbonyl (C=O) groups excluding carboxylic acids is 1. The first-order valence-corrected chi connectivity index (χ1v) is 9.13. The van der Waals surface area contributed by atoms with Crippen LogP contribution in [0.3, 0.4) is 0 Å². The number of nitrogens with one attached hydrogen (secondary N) is 2. The Bertz CT molecular complexity index is 749. The molecule has 0 fully saturated rings. The van der Waals surface area contributed by atoms with E-state index in [1.807, 2.05) is 44.4 Å². The van der Waals surface area contributed by atoms with Gasteiger partial charge in [-0.3, -0.25) is 4.79 Å².